The van der Waals surface area contributed by atoms with E-state index in [0.29, 0.717) is 34.4 Å². The molecule has 140 valence electrons. The van der Waals surface area contributed by atoms with Gasteiger partial charge in [-0.1, -0.05) is 41.9 Å². The lowest BCUT2D eigenvalue weighted by Gasteiger charge is -2.09. The van der Waals surface area contributed by atoms with Gasteiger partial charge in [-0.25, -0.2) is 9.97 Å². The van der Waals surface area contributed by atoms with E-state index in [1.54, 1.807) is 13.0 Å². The molecule has 8 heteroatoms. The molecule has 0 fully saturated rings. The maximum atomic E-state index is 12.5. The monoisotopic (exact) mass is 393 g/mol. The Hall–Kier alpha value is -3.45. The molecule has 28 heavy (non-hydrogen) atoms. The molecule has 4 aromatic rings. The summed E-state index contributed by atoms with van der Waals surface area (Å²) in [6, 6.07) is 15.1. The van der Waals surface area contributed by atoms with Crippen molar-refractivity contribution in [3.63, 3.8) is 0 Å². The second kappa shape index (κ2) is 7.66. The van der Waals surface area contributed by atoms with Gasteiger partial charge in [0.1, 0.15) is 5.52 Å². The van der Waals surface area contributed by atoms with E-state index in [0.717, 1.165) is 11.1 Å². The van der Waals surface area contributed by atoms with Crippen LogP contribution in [0.4, 0.5) is 12.0 Å². The van der Waals surface area contributed by atoms with Crippen molar-refractivity contribution in [2.24, 2.45) is 0 Å². The number of para-hydroxylation sites is 2. The highest BCUT2D eigenvalue weighted by Gasteiger charge is 2.13. The van der Waals surface area contributed by atoms with Crippen LogP contribution in [-0.4, -0.2) is 20.9 Å². The summed E-state index contributed by atoms with van der Waals surface area (Å²) in [5.74, 6) is 0.0255. The highest BCUT2D eigenvalue weighted by atomic mass is 35.5. The van der Waals surface area contributed by atoms with Crippen molar-refractivity contribution in [2.75, 3.05) is 5.32 Å². The fourth-order valence-electron chi connectivity index (χ4n) is 2.68. The van der Waals surface area contributed by atoms with Gasteiger partial charge in [-0.15, -0.1) is 0 Å². The second-order valence-corrected chi connectivity index (χ2v) is 6.49. The van der Waals surface area contributed by atoms with E-state index >= 15 is 0 Å². The van der Waals surface area contributed by atoms with Crippen LogP contribution in [0.1, 0.15) is 21.6 Å². The van der Waals surface area contributed by atoms with Crippen molar-refractivity contribution in [2.45, 2.75) is 13.5 Å². The summed E-state index contributed by atoms with van der Waals surface area (Å²) in [7, 11) is 0. The number of fused-ring (bicyclic) bond motifs is 1. The molecule has 0 atom stereocenters. The molecule has 0 radical (unpaired) electrons. The smallest absolute Gasteiger partial charge is 0.302 e. The zero-order chi connectivity index (χ0) is 19.5. The minimum Gasteiger partial charge on any atom is -0.423 e. The zero-order valence-corrected chi connectivity index (χ0v) is 15.7. The number of aryl methyl sites for hydroxylation is 1. The number of nitrogens with one attached hydrogen (secondary N) is 2. The highest BCUT2D eigenvalue weighted by Crippen LogP contribution is 2.20. The molecule has 0 aliphatic carbocycles. The van der Waals surface area contributed by atoms with Crippen LogP contribution in [0.25, 0.3) is 11.1 Å². The van der Waals surface area contributed by atoms with Crippen molar-refractivity contribution < 1.29 is 9.21 Å². The fraction of sp³-hybridized carbons (Fsp3) is 0.100. The molecule has 0 aliphatic rings. The van der Waals surface area contributed by atoms with Gasteiger partial charge in [0, 0.05) is 17.8 Å². The normalized spacial score (nSPS) is 10.8. The molecule has 0 saturated heterocycles. The van der Waals surface area contributed by atoms with Crippen LogP contribution in [0.2, 0.25) is 5.02 Å². The van der Waals surface area contributed by atoms with E-state index in [1.165, 1.54) is 6.20 Å². The van der Waals surface area contributed by atoms with Gasteiger partial charge in [0.15, 0.2) is 5.58 Å². The number of halogens is 1. The number of amides is 1. The zero-order valence-electron chi connectivity index (χ0n) is 14.9. The SMILES string of the molecule is Cc1nc(Nc2nc3ccccc3o2)ncc1C(=O)NCc1ccccc1Cl. The van der Waals surface area contributed by atoms with Crippen molar-refractivity contribution >= 4 is 40.6 Å². The van der Waals surface area contributed by atoms with Gasteiger partial charge in [0.2, 0.25) is 5.95 Å². The molecule has 2 heterocycles. The average Bonchev–Trinajstić information content (AvgIpc) is 3.09. The minimum atomic E-state index is -0.272. The van der Waals surface area contributed by atoms with Gasteiger partial charge in [-0.3, -0.25) is 10.1 Å². The van der Waals surface area contributed by atoms with Gasteiger partial charge < -0.3 is 9.73 Å². The Morgan fingerprint density at radius 1 is 1.11 bits per heavy atom. The third-order valence-corrected chi connectivity index (χ3v) is 4.50. The van der Waals surface area contributed by atoms with Gasteiger partial charge >= 0.3 is 6.01 Å². The molecule has 4 rings (SSSR count). The van der Waals surface area contributed by atoms with E-state index in [9.17, 15) is 4.79 Å². The van der Waals surface area contributed by atoms with Crippen molar-refractivity contribution in [1.29, 1.82) is 0 Å². The van der Waals surface area contributed by atoms with E-state index in [1.807, 2.05) is 42.5 Å². The van der Waals surface area contributed by atoms with Crippen molar-refractivity contribution in [3.05, 3.63) is 76.6 Å². The van der Waals surface area contributed by atoms with Gasteiger partial charge in [0.05, 0.1) is 11.3 Å². The van der Waals surface area contributed by atoms with E-state index in [-0.39, 0.29) is 11.9 Å². The van der Waals surface area contributed by atoms with Crippen LogP contribution >= 0.6 is 11.6 Å². The molecule has 1 amide bonds. The Balaban J connectivity index is 1.46. The number of hydrogen-bond acceptors (Lipinski definition) is 6. The maximum Gasteiger partial charge on any atom is 0.302 e. The molecule has 0 spiro atoms. The van der Waals surface area contributed by atoms with Crippen LogP contribution in [0.5, 0.6) is 0 Å². The Morgan fingerprint density at radius 2 is 1.89 bits per heavy atom. The van der Waals surface area contributed by atoms with Crippen LogP contribution < -0.4 is 10.6 Å². The summed E-state index contributed by atoms with van der Waals surface area (Å²) in [6.07, 6.45) is 1.47. The average molecular weight is 394 g/mol. The van der Waals surface area contributed by atoms with Gasteiger partial charge in [-0.05, 0) is 30.7 Å². The number of oxazole rings is 1. The summed E-state index contributed by atoms with van der Waals surface area (Å²) in [4.78, 5) is 25.3. The standard InChI is InChI=1S/C20H16ClN5O2/c1-12-14(18(27)22-10-13-6-2-3-7-15(13)21)11-23-19(24-12)26-20-25-16-8-4-5-9-17(16)28-20/h2-9,11H,10H2,1H3,(H,22,27)(H,23,24,25,26). The van der Waals surface area contributed by atoms with E-state index < -0.39 is 0 Å². The predicted octanol–water partition coefficient (Wildman–Crippen LogP) is 4.25. The molecule has 0 aliphatic heterocycles. The molecular formula is C20H16ClN5O2. The Labute approximate surface area is 165 Å². The van der Waals surface area contributed by atoms with Gasteiger partial charge in [-0.2, -0.15) is 4.98 Å². The molecular weight excluding hydrogens is 378 g/mol. The van der Waals surface area contributed by atoms with E-state index in [2.05, 4.69) is 25.6 Å². The van der Waals surface area contributed by atoms with Crippen LogP contribution in [0.15, 0.2) is 59.1 Å². The minimum absolute atomic E-state index is 0.272. The first-order chi connectivity index (χ1) is 13.6. The van der Waals surface area contributed by atoms with Gasteiger partial charge in [0.25, 0.3) is 5.91 Å². The first kappa shape index (κ1) is 17.9. The Morgan fingerprint density at radius 3 is 2.68 bits per heavy atom. The molecule has 0 unspecified atom stereocenters. The quantitative estimate of drug-likeness (QED) is 0.526. The molecule has 2 aromatic heterocycles. The lowest BCUT2D eigenvalue weighted by Crippen LogP contribution is -2.24. The molecule has 2 aromatic carbocycles. The number of hydrogen-bond donors (Lipinski definition) is 2. The Bertz CT molecular complexity index is 1130. The second-order valence-electron chi connectivity index (χ2n) is 6.08. The summed E-state index contributed by atoms with van der Waals surface area (Å²) in [5, 5.41) is 6.35. The maximum absolute atomic E-state index is 12.5. The largest absolute Gasteiger partial charge is 0.423 e. The number of aromatic nitrogens is 3. The number of nitrogens with zero attached hydrogens (tertiary/aromatic N) is 3. The third kappa shape index (κ3) is 3.79. The fourth-order valence-corrected chi connectivity index (χ4v) is 2.89. The number of anilines is 2. The number of carbonyl (C=O) groups excluding carboxylic acids is 1. The first-order valence-electron chi connectivity index (χ1n) is 8.58. The first-order valence-corrected chi connectivity index (χ1v) is 8.96. The lowest BCUT2D eigenvalue weighted by atomic mass is 10.2. The molecule has 7 nitrogen and oxygen atoms in total. The topological polar surface area (TPSA) is 92.9 Å². The summed E-state index contributed by atoms with van der Waals surface area (Å²) < 4.78 is 5.59. The molecule has 0 bridgehead atoms. The van der Waals surface area contributed by atoms with Crippen molar-refractivity contribution in [1.82, 2.24) is 20.3 Å². The Kier molecular flexibility index (Phi) is 4.90. The molecule has 2 N–H and O–H groups in total. The number of benzene rings is 2. The number of carbonyl (C=O) groups is 1. The van der Waals surface area contributed by atoms with Crippen LogP contribution in [-0.2, 0) is 6.54 Å². The lowest BCUT2D eigenvalue weighted by molar-refractivity contribution is 0.0949. The summed E-state index contributed by atoms with van der Waals surface area (Å²) >= 11 is 6.11. The van der Waals surface area contributed by atoms with Crippen LogP contribution in [0, 0.1) is 6.92 Å². The predicted molar refractivity (Wildman–Crippen MR) is 107 cm³/mol. The summed E-state index contributed by atoms with van der Waals surface area (Å²) in [6.45, 7) is 2.06. The third-order valence-electron chi connectivity index (χ3n) is 4.13. The van der Waals surface area contributed by atoms with Crippen molar-refractivity contribution in [3.8, 4) is 0 Å². The van der Waals surface area contributed by atoms with Crippen LogP contribution in [0.3, 0.4) is 0 Å². The van der Waals surface area contributed by atoms with E-state index in [4.69, 9.17) is 16.0 Å². The highest BCUT2D eigenvalue weighted by molar-refractivity contribution is 6.31. The number of rotatable bonds is 5. The summed E-state index contributed by atoms with van der Waals surface area (Å²) in [5.41, 5.74) is 3.15. The molecule has 0 saturated carbocycles.